The summed E-state index contributed by atoms with van der Waals surface area (Å²) in [5, 5.41) is 13.3. The van der Waals surface area contributed by atoms with Crippen molar-refractivity contribution in [2.24, 2.45) is 4.99 Å². The summed E-state index contributed by atoms with van der Waals surface area (Å²) in [4.78, 5) is 16.9. The number of hydrogen-bond acceptors (Lipinski definition) is 4. The molecule has 0 radical (unpaired) electrons. The summed E-state index contributed by atoms with van der Waals surface area (Å²) in [5.41, 5.74) is 2.45. The number of halogens is 3. The van der Waals surface area contributed by atoms with Crippen LogP contribution in [0.15, 0.2) is 59.7 Å². The van der Waals surface area contributed by atoms with Gasteiger partial charge in [0.2, 0.25) is 5.91 Å². The average molecular weight is 413 g/mol. The Bertz CT molecular complexity index is 1120. The van der Waals surface area contributed by atoms with Crippen LogP contribution in [0.1, 0.15) is 28.7 Å². The van der Waals surface area contributed by atoms with Gasteiger partial charge >= 0.3 is 6.18 Å². The van der Waals surface area contributed by atoms with Crippen LogP contribution in [0.2, 0.25) is 0 Å². The molecule has 0 aliphatic carbocycles. The van der Waals surface area contributed by atoms with Gasteiger partial charge in [0.25, 0.3) is 0 Å². The first-order valence-electron chi connectivity index (χ1n) is 9.23. The lowest BCUT2D eigenvalue weighted by molar-refractivity contribution is -0.138. The first-order chi connectivity index (χ1) is 14.2. The van der Waals surface area contributed by atoms with Gasteiger partial charge in [-0.2, -0.15) is 13.2 Å². The minimum Gasteiger partial charge on any atom is -0.324 e. The largest absolute Gasteiger partial charge is 0.416 e. The average Bonchev–Trinajstić information content (AvgIpc) is 2.84. The number of hydrogen-bond donors (Lipinski definition) is 2. The molecular weight excluding hydrogens is 395 g/mol. The van der Waals surface area contributed by atoms with E-state index in [1.165, 1.54) is 13.0 Å². The zero-order valence-corrected chi connectivity index (χ0v) is 16.0. The second kappa shape index (κ2) is 7.46. The standard InChI is InChI=1S/C22H18F3N3O2/c1-13-8-19-20(10-17(13)22(23,24)25)27-21(29)11-18(26-19)15-5-2-4-14(9-15)16-6-3-7-28(30)12-16/h2-10,30H,11-12H2,1H3,(H,27,29). The topological polar surface area (TPSA) is 64.9 Å². The molecule has 8 heteroatoms. The Kier molecular flexibility index (Phi) is 4.95. The number of nitrogens with zero attached hydrogens (tertiary/aromatic N) is 2. The van der Waals surface area contributed by atoms with E-state index in [9.17, 15) is 23.2 Å². The molecule has 5 nitrogen and oxygen atoms in total. The Hall–Kier alpha value is -3.39. The molecule has 2 heterocycles. The van der Waals surface area contributed by atoms with E-state index in [0.29, 0.717) is 17.8 Å². The third-order valence-corrected chi connectivity index (χ3v) is 4.96. The monoisotopic (exact) mass is 413 g/mol. The van der Waals surface area contributed by atoms with Gasteiger partial charge in [0, 0.05) is 6.20 Å². The van der Waals surface area contributed by atoms with E-state index in [2.05, 4.69) is 10.3 Å². The summed E-state index contributed by atoms with van der Waals surface area (Å²) in [6, 6.07) is 9.62. The van der Waals surface area contributed by atoms with Crippen molar-refractivity contribution in [2.45, 2.75) is 19.5 Å². The first-order valence-corrected chi connectivity index (χ1v) is 9.23. The molecule has 2 aromatic rings. The van der Waals surface area contributed by atoms with Gasteiger partial charge in [0.15, 0.2) is 0 Å². The number of amides is 1. The number of alkyl halides is 3. The fourth-order valence-electron chi connectivity index (χ4n) is 3.51. The highest BCUT2D eigenvalue weighted by Gasteiger charge is 2.34. The van der Waals surface area contributed by atoms with E-state index in [1.807, 2.05) is 24.3 Å². The number of hydroxylamine groups is 2. The molecule has 0 fully saturated rings. The van der Waals surface area contributed by atoms with Crippen LogP contribution < -0.4 is 5.32 Å². The van der Waals surface area contributed by atoms with Crippen LogP contribution >= 0.6 is 0 Å². The molecule has 0 bridgehead atoms. The minimum atomic E-state index is -4.51. The second-order valence-corrected chi connectivity index (χ2v) is 7.18. The third kappa shape index (κ3) is 3.99. The van der Waals surface area contributed by atoms with Crippen molar-refractivity contribution in [1.29, 1.82) is 0 Å². The molecule has 154 valence electrons. The summed E-state index contributed by atoms with van der Waals surface area (Å²) in [6.45, 7) is 1.69. The van der Waals surface area contributed by atoms with Crippen LogP contribution in [-0.2, 0) is 11.0 Å². The summed E-state index contributed by atoms with van der Waals surface area (Å²) < 4.78 is 39.7. The molecule has 2 aromatic carbocycles. The van der Waals surface area contributed by atoms with Crippen LogP contribution in [0.3, 0.4) is 0 Å². The highest BCUT2D eigenvalue weighted by atomic mass is 19.4. The third-order valence-electron chi connectivity index (χ3n) is 4.96. The zero-order valence-electron chi connectivity index (χ0n) is 16.0. The number of benzene rings is 2. The number of rotatable bonds is 2. The summed E-state index contributed by atoms with van der Waals surface area (Å²) >= 11 is 0. The molecule has 0 saturated carbocycles. The zero-order chi connectivity index (χ0) is 21.5. The number of carbonyl (C=O) groups is 1. The maximum absolute atomic E-state index is 13.2. The molecular formula is C22H18F3N3O2. The smallest absolute Gasteiger partial charge is 0.324 e. The predicted octanol–water partition coefficient (Wildman–Crippen LogP) is 5.08. The van der Waals surface area contributed by atoms with Gasteiger partial charge in [0.05, 0.1) is 35.6 Å². The van der Waals surface area contributed by atoms with Crippen molar-refractivity contribution >= 4 is 28.6 Å². The van der Waals surface area contributed by atoms with E-state index >= 15 is 0 Å². The van der Waals surface area contributed by atoms with E-state index in [4.69, 9.17) is 0 Å². The fraction of sp³-hybridized carbons (Fsp3) is 0.182. The van der Waals surface area contributed by atoms with Gasteiger partial charge in [0.1, 0.15) is 0 Å². The molecule has 2 aliphatic heterocycles. The van der Waals surface area contributed by atoms with E-state index in [1.54, 1.807) is 18.3 Å². The van der Waals surface area contributed by atoms with Crippen molar-refractivity contribution in [2.75, 3.05) is 11.9 Å². The predicted molar refractivity (Wildman–Crippen MR) is 108 cm³/mol. The van der Waals surface area contributed by atoms with Crippen molar-refractivity contribution in [3.8, 4) is 0 Å². The number of nitrogens with one attached hydrogen (secondary N) is 1. The molecule has 0 saturated heterocycles. The van der Waals surface area contributed by atoms with Gasteiger partial charge in [-0.05, 0) is 53.5 Å². The molecule has 2 N–H and O–H groups in total. The molecule has 0 spiro atoms. The van der Waals surface area contributed by atoms with Gasteiger partial charge < -0.3 is 5.32 Å². The quantitative estimate of drug-likeness (QED) is 0.722. The van der Waals surface area contributed by atoms with Crippen molar-refractivity contribution in [3.05, 3.63) is 77.0 Å². The second-order valence-electron chi connectivity index (χ2n) is 7.18. The Morgan fingerprint density at radius 3 is 2.67 bits per heavy atom. The Labute approximate surface area is 170 Å². The molecule has 30 heavy (non-hydrogen) atoms. The number of anilines is 1. The molecule has 0 unspecified atom stereocenters. The number of aryl methyl sites for hydroxylation is 1. The van der Waals surface area contributed by atoms with Gasteiger partial charge in [-0.1, -0.05) is 24.3 Å². The van der Waals surface area contributed by atoms with Gasteiger partial charge in [-0.25, -0.2) is 0 Å². The Morgan fingerprint density at radius 1 is 1.17 bits per heavy atom. The van der Waals surface area contributed by atoms with Crippen LogP contribution in [0.5, 0.6) is 0 Å². The lowest BCUT2D eigenvalue weighted by atomic mass is 9.98. The Morgan fingerprint density at radius 2 is 1.93 bits per heavy atom. The lowest BCUT2D eigenvalue weighted by Crippen LogP contribution is -2.17. The van der Waals surface area contributed by atoms with Crippen LogP contribution in [-0.4, -0.2) is 28.4 Å². The number of aliphatic imine (C=N–C) groups is 1. The number of allylic oxidation sites excluding steroid dienone is 2. The summed E-state index contributed by atoms with van der Waals surface area (Å²) in [7, 11) is 0. The van der Waals surface area contributed by atoms with Crippen LogP contribution in [0.4, 0.5) is 24.5 Å². The van der Waals surface area contributed by atoms with E-state index in [0.717, 1.165) is 22.3 Å². The summed E-state index contributed by atoms with van der Waals surface area (Å²) in [6.07, 6.45) is 0.565. The highest BCUT2D eigenvalue weighted by Crippen LogP contribution is 2.39. The van der Waals surface area contributed by atoms with Gasteiger partial charge in [-0.3, -0.25) is 20.1 Å². The molecule has 0 aromatic heterocycles. The normalized spacial score (nSPS) is 16.4. The first kappa shape index (κ1) is 19.9. The van der Waals surface area contributed by atoms with Gasteiger partial charge in [-0.15, -0.1) is 0 Å². The molecule has 2 aliphatic rings. The SMILES string of the molecule is Cc1cc2c(cc1C(F)(F)F)NC(=O)CC(c1cccc(C3=CC=CN(O)C3)c1)=N2. The van der Waals surface area contributed by atoms with Crippen LogP contribution in [0.25, 0.3) is 5.57 Å². The van der Waals surface area contributed by atoms with Crippen LogP contribution in [0, 0.1) is 6.92 Å². The van der Waals surface area contributed by atoms with Crippen molar-refractivity contribution < 1.29 is 23.2 Å². The molecule has 4 rings (SSSR count). The maximum atomic E-state index is 13.2. The fourth-order valence-corrected chi connectivity index (χ4v) is 3.51. The lowest BCUT2D eigenvalue weighted by Gasteiger charge is -2.18. The number of carbonyl (C=O) groups excluding carboxylic acids is 1. The highest BCUT2D eigenvalue weighted by molar-refractivity contribution is 6.17. The maximum Gasteiger partial charge on any atom is 0.416 e. The Balaban J connectivity index is 1.76. The minimum absolute atomic E-state index is 0.0384. The number of fused-ring (bicyclic) bond motifs is 1. The van der Waals surface area contributed by atoms with Crippen molar-refractivity contribution in [1.82, 2.24) is 5.06 Å². The van der Waals surface area contributed by atoms with Crippen molar-refractivity contribution in [3.63, 3.8) is 0 Å². The van der Waals surface area contributed by atoms with E-state index in [-0.39, 0.29) is 23.4 Å². The van der Waals surface area contributed by atoms with E-state index < -0.39 is 17.6 Å². The summed E-state index contributed by atoms with van der Waals surface area (Å²) in [5.74, 6) is -0.434. The molecule has 0 atom stereocenters. The molecule has 1 amide bonds.